The minimum Gasteiger partial charge on any atom is -0.245 e. The summed E-state index contributed by atoms with van der Waals surface area (Å²) in [7, 11) is 0. The molecular weight excluding hydrogens is 364 g/mol. The fourth-order valence-electron chi connectivity index (χ4n) is 1.80. The van der Waals surface area contributed by atoms with E-state index < -0.39 is 0 Å². The molecule has 30 heavy (non-hydrogen) atoms. The quantitative estimate of drug-likeness (QED) is 0.480. The molecule has 0 saturated heterocycles. The van der Waals surface area contributed by atoms with Gasteiger partial charge in [0.1, 0.15) is 6.33 Å². The van der Waals surface area contributed by atoms with E-state index in [2.05, 4.69) is 68.0 Å². The highest BCUT2D eigenvalue weighted by Gasteiger charge is 1.88. The normalized spacial score (nSPS) is 7.63. The van der Waals surface area contributed by atoms with Crippen LogP contribution in [0.4, 0.5) is 0 Å². The van der Waals surface area contributed by atoms with Crippen molar-refractivity contribution < 1.29 is 0 Å². The number of hydrogen-bond donors (Lipinski definition) is 0. The Labute approximate surface area is 192 Å². The molecule has 178 valence electrons. The van der Waals surface area contributed by atoms with Crippen LogP contribution in [0, 0.1) is 5.92 Å². The van der Waals surface area contributed by atoms with Crippen molar-refractivity contribution in [3.63, 3.8) is 0 Å². The highest BCUT2D eigenvalue weighted by atomic mass is 14.8. The lowest BCUT2D eigenvalue weighted by Crippen LogP contribution is -1.83. The van der Waals surface area contributed by atoms with E-state index >= 15 is 0 Å². The molecule has 0 aliphatic heterocycles. The summed E-state index contributed by atoms with van der Waals surface area (Å²) in [6.45, 7) is 25.0. The second-order valence-corrected chi connectivity index (χ2v) is 5.68. The first-order valence-corrected chi connectivity index (χ1v) is 12.4. The second kappa shape index (κ2) is 45.8. The number of rotatable bonds is 5. The Balaban J connectivity index is -0.0000000902. The van der Waals surface area contributed by atoms with E-state index in [-0.39, 0.29) is 0 Å². The Bertz CT molecular complexity index is 386. The molecule has 0 amide bonds. The molecule has 1 heterocycles. The zero-order valence-corrected chi connectivity index (χ0v) is 22.7. The Morgan fingerprint density at radius 2 is 1.13 bits per heavy atom. The maximum Gasteiger partial charge on any atom is 0.115 e. The van der Waals surface area contributed by atoms with Crippen LogP contribution in [0.1, 0.15) is 114 Å². The lowest BCUT2D eigenvalue weighted by atomic mass is 10.1. The van der Waals surface area contributed by atoms with Crippen LogP contribution in [0.5, 0.6) is 0 Å². The van der Waals surface area contributed by atoms with Crippen LogP contribution in [0.3, 0.4) is 0 Å². The predicted molar refractivity (Wildman–Crippen MR) is 142 cm³/mol. The van der Waals surface area contributed by atoms with Crippen LogP contribution in [0.25, 0.3) is 0 Å². The van der Waals surface area contributed by atoms with Crippen molar-refractivity contribution in [3.05, 3.63) is 60.7 Å². The number of benzene rings is 1. The van der Waals surface area contributed by atoms with E-state index in [1.807, 2.05) is 55.4 Å². The van der Waals surface area contributed by atoms with Gasteiger partial charge in [-0.3, -0.25) is 0 Å². The van der Waals surface area contributed by atoms with E-state index in [1.165, 1.54) is 44.0 Å². The molecule has 0 radical (unpaired) electrons. The van der Waals surface area contributed by atoms with Gasteiger partial charge in [0.25, 0.3) is 0 Å². The van der Waals surface area contributed by atoms with Crippen LogP contribution in [0.15, 0.2) is 55.1 Å². The van der Waals surface area contributed by atoms with Gasteiger partial charge in [0.2, 0.25) is 0 Å². The van der Waals surface area contributed by atoms with Crippen molar-refractivity contribution in [1.82, 2.24) is 9.97 Å². The first kappa shape index (κ1) is 38.9. The fraction of sp³-hybridized carbons (Fsp3) is 0.643. The van der Waals surface area contributed by atoms with Crippen molar-refractivity contribution in [3.8, 4) is 0 Å². The van der Waals surface area contributed by atoms with Crippen LogP contribution in [-0.4, -0.2) is 9.97 Å². The Morgan fingerprint density at radius 1 is 0.667 bits per heavy atom. The number of unbranched alkanes of at least 4 members (excludes halogenated alkanes) is 1. The average molecular weight is 421 g/mol. The van der Waals surface area contributed by atoms with Crippen molar-refractivity contribution in [2.45, 2.75) is 115 Å². The lowest BCUT2D eigenvalue weighted by Gasteiger charge is -1.98. The summed E-state index contributed by atoms with van der Waals surface area (Å²) < 4.78 is 0. The van der Waals surface area contributed by atoms with E-state index in [4.69, 9.17) is 0 Å². The van der Waals surface area contributed by atoms with E-state index in [9.17, 15) is 0 Å². The first-order valence-electron chi connectivity index (χ1n) is 12.4. The molecule has 2 heteroatoms. The molecule has 2 aromatic rings. The van der Waals surface area contributed by atoms with Gasteiger partial charge in [-0.2, -0.15) is 0 Å². The minimum absolute atomic E-state index is 0.903. The fourth-order valence-corrected chi connectivity index (χ4v) is 1.80. The van der Waals surface area contributed by atoms with Gasteiger partial charge in [0, 0.05) is 12.4 Å². The number of aromatic nitrogens is 2. The number of aryl methyl sites for hydroxylation is 1. The Kier molecular flexibility index (Phi) is 59.3. The monoisotopic (exact) mass is 420 g/mol. The van der Waals surface area contributed by atoms with Crippen molar-refractivity contribution in [2.24, 2.45) is 5.92 Å². The molecule has 0 bridgehead atoms. The Hall–Kier alpha value is -1.70. The van der Waals surface area contributed by atoms with Crippen molar-refractivity contribution in [2.75, 3.05) is 0 Å². The smallest absolute Gasteiger partial charge is 0.115 e. The lowest BCUT2D eigenvalue weighted by molar-refractivity contribution is 0.550. The summed E-state index contributed by atoms with van der Waals surface area (Å²) in [5, 5.41) is 0. The molecule has 0 unspecified atom stereocenters. The standard InChI is InChI=1S/C9H12.C7H16.C4H4N2.4C2H6/c1-2-6-9-7-4-3-5-8-9;1-4-5-6-7(2)3;1-2-5-4-6-3-1;4*1-2/h3-5,7-8H,2,6H2,1H3;7H,4-6H2,1-3H3;1-4H;4*1-2H3. The van der Waals surface area contributed by atoms with Gasteiger partial charge < -0.3 is 0 Å². The number of hydrogen-bond acceptors (Lipinski definition) is 2. The third kappa shape index (κ3) is 45.2. The molecule has 0 aliphatic rings. The maximum absolute atomic E-state index is 3.67. The summed E-state index contributed by atoms with van der Waals surface area (Å²) in [4.78, 5) is 7.35. The van der Waals surface area contributed by atoms with Crippen molar-refractivity contribution >= 4 is 0 Å². The van der Waals surface area contributed by atoms with Gasteiger partial charge in [-0.1, -0.05) is 139 Å². The third-order valence-corrected chi connectivity index (χ3v) is 2.99. The van der Waals surface area contributed by atoms with E-state index in [1.54, 1.807) is 18.5 Å². The summed E-state index contributed by atoms with van der Waals surface area (Å²) in [6, 6.07) is 12.3. The molecule has 2 rings (SSSR count). The molecule has 1 aromatic heterocycles. The zero-order valence-electron chi connectivity index (χ0n) is 22.7. The highest BCUT2D eigenvalue weighted by Crippen LogP contribution is 2.04. The molecule has 0 atom stereocenters. The number of nitrogens with zero attached hydrogens (tertiary/aromatic N) is 2. The topological polar surface area (TPSA) is 25.8 Å². The average Bonchev–Trinajstić information content (AvgIpc) is 2.86. The summed E-state index contributed by atoms with van der Waals surface area (Å²) in [5.74, 6) is 0.903. The first-order chi connectivity index (χ1) is 14.7. The molecule has 1 aromatic carbocycles. The van der Waals surface area contributed by atoms with Gasteiger partial charge in [-0.15, -0.1) is 0 Å². The predicted octanol–water partition coefficient (Wildman–Crippen LogP) is 10.1. The second-order valence-electron chi connectivity index (χ2n) is 5.68. The Morgan fingerprint density at radius 3 is 1.37 bits per heavy atom. The SMILES string of the molecule is CC.CC.CC.CC.CCCCC(C)C.CCCc1ccccc1.c1cncnc1. The molecule has 0 N–H and O–H groups in total. The van der Waals surface area contributed by atoms with Crippen molar-refractivity contribution in [1.29, 1.82) is 0 Å². The molecule has 0 aliphatic carbocycles. The van der Waals surface area contributed by atoms with E-state index in [0.29, 0.717) is 0 Å². The van der Waals surface area contributed by atoms with Gasteiger partial charge in [-0.25, -0.2) is 9.97 Å². The molecule has 0 saturated carbocycles. The largest absolute Gasteiger partial charge is 0.245 e. The summed E-state index contributed by atoms with van der Waals surface area (Å²) in [5.41, 5.74) is 1.44. The molecule has 0 spiro atoms. The van der Waals surface area contributed by atoms with Crippen LogP contribution in [0.2, 0.25) is 0 Å². The molecule has 0 fully saturated rings. The van der Waals surface area contributed by atoms with Gasteiger partial charge in [0.15, 0.2) is 0 Å². The van der Waals surface area contributed by atoms with Gasteiger partial charge >= 0.3 is 0 Å². The molecule has 2 nitrogen and oxygen atoms in total. The van der Waals surface area contributed by atoms with Gasteiger partial charge in [0.05, 0.1) is 0 Å². The molecular formula is C28H56N2. The van der Waals surface area contributed by atoms with Crippen LogP contribution in [-0.2, 0) is 6.42 Å². The minimum atomic E-state index is 0.903. The van der Waals surface area contributed by atoms with E-state index in [0.717, 1.165) is 5.92 Å². The van der Waals surface area contributed by atoms with Crippen LogP contribution >= 0.6 is 0 Å². The third-order valence-electron chi connectivity index (χ3n) is 2.99. The summed E-state index contributed by atoms with van der Waals surface area (Å²) >= 11 is 0. The zero-order chi connectivity index (χ0) is 24.5. The van der Waals surface area contributed by atoms with Crippen LogP contribution < -0.4 is 0 Å². The highest BCUT2D eigenvalue weighted by molar-refractivity contribution is 5.14. The summed E-state index contributed by atoms with van der Waals surface area (Å²) in [6.07, 6.45) is 11.5. The maximum atomic E-state index is 3.67. The van der Waals surface area contributed by atoms with Gasteiger partial charge in [-0.05, 0) is 24.0 Å².